The molecule has 146 valence electrons. The number of hydrogen-bond donors (Lipinski definition) is 1. The van der Waals surface area contributed by atoms with Crippen LogP contribution in [0.5, 0.6) is 0 Å². The normalized spacial score (nSPS) is 36.6. The van der Waals surface area contributed by atoms with Crippen LogP contribution in [-0.4, -0.2) is 25.7 Å². The van der Waals surface area contributed by atoms with E-state index in [1.807, 2.05) is 0 Å². The molecule has 0 radical (unpaired) electrons. The highest BCUT2D eigenvalue weighted by Crippen LogP contribution is 2.60. The Morgan fingerprint density at radius 3 is 2.30 bits per heavy atom. The number of carbonyl (C=O) groups is 1. The van der Waals surface area contributed by atoms with Gasteiger partial charge >= 0.3 is 0 Å². The summed E-state index contributed by atoms with van der Waals surface area (Å²) in [5, 5.41) is 3.46. The van der Waals surface area contributed by atoms with Gasteiger partial charge in [-0.2, -0.15) is 0 Å². The van der Waals surface area contributed by atoms with Crippen LogP contribution in [-0.2, 0) is 14.9 Å². The van der Waals surface area contributed by atoms with Crippen molar-refractivity contribution in [2.75, 3.05) is 19.8 Å². The molecule has 1 saturated heterocycles. The first-order valence-corrected chi connectivity index (χ1v) is 11.5. The van der Waals surface area contributed by atoms with Crippen molar-refractivity contribution in [3.8, 4) is 0 Å². The first-order chi connectivity index (χ1) is 13.1. The van der Waals surface area contributed by atoms with Gasteiger partial charge in [-0.3, -0.25) is 4.79 Å². The minimum absolute atomic E-state index is 0.0000152. The van der Waals surface area contributed by atoms with Crippen molar-refractivity contribution in [2.45, 2.75) is 56.8 Å². The Hall–Kier alpha value is -0.870. The summed E-state index contributed by atoms with van der Waals surface area (Å²) in [6, 6.07) is 8.62. The van der Waals surface area contributed by atoms with E-state index >= 15 is 0 Å². The van der Waals surface area contributed by atoms with Crippen molar-refractivity contribution in [3.63, 3.8) is 0 Å². The van der Waals surface area contributed by atoms with Crippen molar-refractivity contribution in [1.82, 2.24) is 5.32 Å². The van der Waals surface area contributed by atoms with E-state index in [9.17, 15) is 4.79 Å². The van der Waals surface area contributed by atoms with Crippen LogP contribution in [0.25, 0.3) is 0 Å². The molecule has 0 unspecified atom stereocenters. The number of amides is 1. The zero-order valence-corrected chi connectivity index (χ0v) is 17.6. The Balaban J connectivity index is 1.34. The van der Waals surface area contributed by atoms with Crippen LogP contribution in [0.2, 0.25) is 0 Å². The summed E-state index contributed by atoms with van der Waals surface area (Å²) in [6.07, 6.45) is 9.51. The minimum Gasteiger partial charge on any atom is -0.381 e. The molecule has 1 amide bonds. The fourth-order valence-electron chi connectivity index (χ4n) is 6.97. The van der Waals surface area contributed by atoms with Crippen LogP contribution in [0.3, 0.4) is 0 Å². The van der Waals surface area contributed by atoms with E-state index in [-0.39, 0.29) is 10.8 Å². The molecule has 4 aliphatic carbocycles. The number of hydrogen-bond acceptors (Lipinski definition) is 2. The second-order valence-electron chi connectivity index (χ2n) is 9.78. The maximum absolute atomic E-state index is 13.4. The van der Waals surface area contributed by atoms with Crippen LogP contribution >= 0.6 is 15.9 Å². The van der Waals surface area contributed by atoms with Gasteiger partial charge in [-0.1, -0.05) is 28.1 Å². The van der Waals surface area contributed by atoms with Gasteiger partial charge in [0, 0.05) is 35.1 Å². The zero-order chi connectivity index (χ0) is 18.5. The Morgan fingerprint density at radius 1 is 1.07 bits per heavy atom. The molecule has 5 fully saturated rings. The van der Waals surface area contributed by atoms with E-state index < -0.39 is 0 Å². The van der Waals surface area contributed by atoms with Gasteiger partial charge in [0.2, 0.25) is 5.91 Å². The fourth-order valence-corrected chi connectivity index (χ4v) is 7.37. The summed E-state index contributed by atoms with van der Waals surface area (Å²) in [5.41, 5.74) is 1.27. The average molecular weight is 432 g/mol. The summed E-state index contributed by atoms with van der Waals surface area (Å²) in [6.45, 7) is 2.30. The third kappa shape index (κ3) is 3.27. The Labute approximate surface area is 170 Å². The van der Waals surface area contributed by atoms with Crippen LogP contribution in [0.4, 0.5) is 0 Å². The number of rotatable bonds is 4. The number of carbonyl (C=O) groups excluding carboxylic acids is 1. The smallest absolute Gasteiger partial charge is 0.226 e. The summed E-state index contributed by atoms with van der Waals surface area (Å²) < 4.78 is 6.77. The number of nitrogens with one attached hydrogen (secondary N) is 1. The van der Waals surface area contributed by atoms with Crippen LogP contribution in [0.15, 0.2) is 28.7 Å². The van der Waals surface area contributed by atoms with Gasteiger partial charge in [-0.05, 0) is 86.8 Å². The quantitative estimate of drug-likeness (QED) is 0.740. The zero-order valence-electron chi connectivity index (χ0n) is 16.0. The Kier molecular flexibility index (Phi) is 4.63. The maximum Gasteiger partial charge on any atom is 0.226 e. The molecule has 1 N–H and O–H groups in total. The minimum atomic E-state index is -0.0572. The van der Waals surface area contributed by atoms with E-state index in [0.29, 0.717) is 5.91 Å². The molecule has 27 heavy (non-hydrogen) atoms. The molecule has 5 aliphatic rings. The molecule has 4 bridgehead atoms. The maximum atomic E-state index is 13.4. The second kappa shape index (κ2) is 6.88. The van der Waals surface area contributed by atoms with Crippen molar-refractivity contribution < 1.29 is 9.53 Å². The van der Waals surface area contributed by atoms with Crippen molar-refractivity contribution in [1.29, 1.82) is 0 Å². The third-order valence-electron chi connectivity index (χ3n) is 7.99. The van der Waals surface area contributed by atoms with Gasteiger partial charge in [0.1, 0.15) is 0 Å². The molecule has 1 aromatic rings. The number of benzene rings is 1. The van der Waals surface area contributed by atoms with Crippen LogP contribution in [0, 0.1) is 23.2 Å². The molecule has 3 nitrogen and oxygen atoms in total. The number of halogens is 1. The summed E-state index contributed by atoms with van der Waals surface area (Å²) >= 11 is 3.62. The molecule has 0 aromatic heterocycles. The van der Waals surface area contributed by atoms with Crippen molar-refractivity contribution >= 4 is 21.8 Å². The molecule has 1 aromatic carbocycles. The fraction of sp³-hybridized carbons (Fsp3) is 0.696. The molecule has 4 heteroatoms. The predicted octanol–water partition coefficient (Wildman–Crippen LogP) is 4.83. The van der Waals surface area contributed by atoms with Crippen molar-refractivity contribution in [2.24, 2.45) is 23.2 Å². The Morgan fingerprint density at radius 2 is 1.70 bits per heavy atom. The average Bonchev–Trinajstić information content (AvgIpc) is 2.66. The highest BCUT2D eigenvalue weighted by Gasteiger charge is 2.54. The molecule has 6 rings (SSSR count). The highest BCUT2D eigenvalue weighted by molar-refractivity contribution is 9.10. The van der Waals surface area contributed by atoms with E-state index in [0.717, 1.165) is 74.1 Å². The first kappa shape index (κ1) is 18.2. The van der Waals surface area contributed by atoms with Gasteiger partial charge in [0.15, 0.2) is 0 Å². The van der Waals surface area contributed by atoms with E-state index in [2.05, 4.69) is 45.5 Å². The lowest BCUT2D eigenvalue weighted by Crippen LogP contribution is -2.55. The molecule has 0 atom stereocenters. The topological polar surface area (TPSA) is 38.3 Å². The lowest BCUT2D eigenvalue weighted by Gasteiger charge is -2.55. The molecular formula is C23H30BrNO2. The molecular weight excluding hydrogens is 402 g/mol. The van der Waals surface area contributed by atoms with Gasteiger partial charge in [-0.25, -0.2) is 0 Å². The molecule has 1 heterocycles. The molecule has 4 saturated carbocycles. The van der Waals surface area contributed by atoms with E-state index in [1.165, 1.54) is 24.8 Å². The largest absolute Gasteiger partial charge is 0.381 e. The first-order valence-electron chi connectivity index (χ1n) is 10.7. The summed E-state index contributed by atoms with van der Waals surface area (Å²) in [4.78, 5) is 13.4. The lowest BCUT2D eigenvalue weighted by molar-refractivity contribution is -0.146. The second-order valence-corrected chi connectivity index (χ2v) is 10.7. The Bertz CT molecular complexity index is 690. The monoisotopic (exact) mass is 431 g/mol. The summed E-state index contributed by atoms with van der Waals surface area (Å²) in [7, 11) is 0. The van der Waals surface area contributed by atoms with Gasteiger partial charge in [0.25, 0.3) is 0 Å². The third-order valence-corrected chi connectivity index (χ3v) is 8.49. The SMILES string of the molecule is O=C(NCC1(c2cccc(Br)c2)CCOCC1)C12CC3CC(CC(C3)C1)C2. The van der Waals surface area contributed by atoms with Gasteiger partial charge < -0.3 is 10.1 Å². The van der Waals surface area contributed by atoms with Crippen LogP contribution < -0.4 is 5.32 Å². The van der Waals surface area contributed by atoms with Gasteiger partial charge in [-0.15, -0.1) is 0 Å². The van der Waals surface area contributed by atoms with Crippen molar-refractivity contribution in [3.05, 3.63) is 34.3 Å². The van der Waals surface area contributed by atoms with E-state index in [4.69, 9.17) is 4.74 Å². The van der Waals surface area contributed by atoms with Gasteiger partial charge in [0.05, 0.1) is 0 Å². The summed E-state index contributed by atoms with van der Waals surface area (Å²) in [5.74, 6) is 2.78. The molecule has 1 aliphatic heterocycles. The lowest BCUT2D eigenvalue weighted by atomic mass is 9.49. The van der Waals surface area contributed by atoms with E-state index in [1.54, 1.807) is 0 Å². The van der Waals surface area contributed by atoms with Crippen LogP contribution in [0.1, 0.15) is 56.9 Å². The highest BCUT2D eigenvalue weighted by atomic mass is 79.9. The number of ether oxygens (including phenoxy) is 1. The standard InChI is InChI=1S/C23H30BrNO2/c24-20-3-1-2-19(11-20)22(4-6-27-7-5-22)15-25-21(26)23-12-16-8-17(13-23)10-18(9-16)14-23/h1-3,11,16-18H,4-10,12-15H2,(H,25,26). The predicted molar refractivity (Wildman–Crippen MR) is 109 cm³/mol. The molecule has 0 spiro atoms.